The third kappa shape index (κ3) is 2.43. The summed E-state index contributed by atoms with van der Waals surface area (Å²) in [5.74, 6) is 0.447. The van der Waals surface area contributed by atoms with Gasteiger partial charge in [-0.05, 0) is 24.0 Å². The molecule has 3 rings (SSSR count). The molecule has 1 aliphatic carbocycles. The Morgan fingerprint density at radius 1 is 1.35 bits per heavy atom. The molecular formula is C14H15N3O2S. The molecule has 0 spiro atoms. The summed E-state index contributed by atoms with van der Waals surface area (Å²) in [4.78, 5) is 10.6. The summed E-state index contributed by atoms with van der Waals surface area (Å²) in [7, 11) is 1.91. The van der Waals surface area contributed by atoms with Gasteiger partial charge >= 0.3 is 5.97 Å². The van der Waals surface area contributed by atoms with Crippen LogP contribution in [-0.2, 0) is 24.7 Å². The molecule has 1 N–H and O–H groups in total. The molecule has 5 nitrogen and oxygen atoms in total. The molecule has 104 valence electrons. The molecule has 20 heavy (non-hydrogen) atoms. The van der Waals surface area contributed by atoms with Crippen LogP contribution in [0.1, 0.15) is 22.9 Å². The number of hydrogen-bond acceptors (Lipinski definition) is 4. The van der Waals surface area contributed by atoms with Crippen molar-refractivity contribution in [3.63, 3.8) is 0 Å². The number of aliphatic carboxylic acids is 1. The van der Waals surface area contributed by atoms with Gasteiger partial charge in [-0.25, -0.2) is 0 Å². The molecule has 0 saturated heterocycles. The predicted molar refractivity (Wildman–Crippen MR) is 76.0 cm³/mol. The maximum Gasteiger partial charge on any atom is 0.313 e. The van der Waals surface area contributed by atoms with Crippen LogP contribution in [0.25, 0.3) is 0 Å². The number of nitrogens with zero attached hydrogens (tertiary/aromatic N) is 3. The summed E-state index contributed by atoms with van der Waals surface area (Å²) in [6, 6.07) is 8.44. The maximum atomic E-state index is 10.6. The first kappa shape index (κ1) is 13.2. The van der Waals surface area contributed by atoms with Crippen molar-refractivity contribution in [3.05, 3.63) is 41.2 Å². The van der Waals surface area contributed by atoms with Gasteiger partial charge < -0.3 is 9.67 Å². The topological polar surface area (TPSA) is 68.0 Å². The SMILES string of the molecule is Cn1c(SCC(=O)O)nnc1C1Cc2ccccc2C1. The third-order valence-electron chi connectivity index (χ3n) is 3.61. The second kappa shape index (κ2) is 5.28. The van der Waals surface area contributed by atoms with Gasteiger partial charge in [0.05, 0.1) is 5.75 Å². The average molecular weight is 289 g/mol. The highest BCUT2D eigenvalue weighted by atomic mass is 32.2. The minimum atomic E-state index is -0.840. The Balaban J connectivity index is 1.78. The fraction of sp³-hybridized carbons (Fsp3) is 0.357. The highest BCUT2D eigenvalue weighted by molar-refractivity contribution is 7.99. The van der Waals surface area contributed by atoms with E-state index in [2.05, 4.69) is 34.5 Å². The van der Waals surface area contributed by atoms with E-state index in [4.69, 9.17) is 5.11 Å². The molecule has 1 aromatic carbocycles. The number of carboxylic acids is 1. The highest BCUT2D eigenvalue weighted by Crippen LogP contribution is 2.33. The van der Waals surface area contributed by atoms with Crippen molar-refractivity contribution in [2.45, 2.75) is 23.9 Å². The van der Waals surface area contributed by atoms with Gasteiger partial charge in [0.2, 0.25) is 0 Å². The molecule has 0 radical (unpaired) electrons. The number of fused-ring (bicyclic) bond motifs is 1. The van der Waals surface area contributed by atoms with Gasteiger partial charge in [-0.1, -0.05) is 36.0 Å². The van der Waals surface area contributed by atoms with Crippen LogP contribution in [0.3, 0.4) is 0 Å². The standard InChI is InChI=1S/C14H15N3O2S/c1-17-13(15-16-14(17)20-8-12(18)19)11-6-9-4-2-3-5-10(9)7-11/h2-5,11H,6-8H2,1H3,(H,18,19). The molecule has 0 aliphatic heterocycles. The van der Waals surface area contributed by atoms with E-state index >= 15 is 0 Å². The first-order valence-electron chi connectivity index (χ1n) is 6.46. The number of thioether (sulfide) groups is 1. The fourth-order valence-electron chi connectivity index (χ4n) is 2.68. The highest BCUT2D eigenvalue weighted by Gasteiger charge is 2.27. The molecule has 0 amide bonds. The Morgan fingerprint density at radius 3 is 2.60 bits per heavy atom. The Hall–Kier alpha value is -1.82. The van der Waals surface area contributed by atoms with E-state index in [0.29, 0.717) is 11.1 Å². The van der Waals surface area contributed by atoms with Crippen molar-refractivity contribution < 1.29 is 9.90 Å². The molecule has 0 fully saturated rings. The van der Waals surface area contributed by atoms with Crippen molar-refractivity contribution in [3.8, 4) is 0 Å². The number of carbonyl (C=O) groups is 1. The first-order valence-corrected chi connectivity index (χ1v) is 7.44. The summed E-state index contributed by atoms with van der Waals surface area (Å²) in [6.45, 7) is 0. The second-order valence-corrected chi connectivity index (χ2v) is 5.90. The molecule has 0 bridgehead atoms. The molecule has 0 saturated carbocycles. The van der Waals surface area contributed by atoms with Crippen molar-refractivity contribution in [2.24, 2.45) is 7.05 Å². The Bertz CT molecular complexity index is 629. The van der Waals surface area contributed by atoms with Crippen LogP contribution >= 0.6 is 11.8 Å². The van der Waals surface area contributed by atoms with Crippen molar-refractivity contribution in [1.82, 2.24) is 14.8 Å². The zero-order valence-electron chi connectivity index (χ0n) is 11.1. The van der Waals surface area contributed by atoms with Gasteiger partial charge in [0.15, 0.2) is 5.16 Å². The number of aromatic nitrogens is 3. The minimum Gasteiger partial charge on any atom is -0.481 e. The summed E-state index contributed by atoms with van der Waals surface area (Å²) < 4.78 is 1.92. The lowest BCUT2D eigenvalue weighted by Crippen LogP contribution is -2.07. The van der Waals surface area contributed by atoms with E-state index in [1.54, 1.807) is 0 Å². The summed E-state index contributed by atoms with van der Waals surface area (Å²) >= 11 is 1.21. The van der Waals surface area contributed by atoms with E-state index < -0.39 is 5.97 Å². The molecule has 0 unspecified atom stereocenters. The number of rotatable bonds is 4. The summed E-state index contributed by atoms with van der Waals surface area (Å²) in [5, 5.41) is 17.8. The van der Waals surface area contributed by atoms with Crippen molar-refractivity contribution in [2.75, 3.05) is 5.75 Å². The van der Waals surface area contributed by atoms with E-state index in [1.165, 1.54) is 22.9 Å². The van der Waals surface area contributed by atoms with Gasteiger partial charge in [0, 0.05) is 13.0 Å². The van der Waals surface area contributed by atoms with Crippen LogP contribution in [-0.4, -0.2) is 31.6 Å². The molecule has 1 aromatic heterocycles. The molecule has 0 atom stereocenters. The fourth-order valence-corrected chi connectivity index (χ4v) is 3.31. The minimum absolute atomic E-state index is 0.0108. The van der Waals surface area contributed by atoms with E-state index in [9.17, 15) is 4.79 Å². The second-order valence-electron chi connectivity index (χ2n) is 4.96. The lowest BCUT2D eigenvalue weighted by molar-refractivity contribution is -0.133. The van der Waals surface area contributed by atoms with Gasteiger partial charge in [0.25, 0.3) is 0 Å². The van der Waals surface area contributed by atoms with Gasteiger partial charge in [-0.3, -0.25) is 4.79 Å². The molecule has 1 aliphatic rings. The van der Waals surface area contributed by atoms with Gasteiger partial charge in [-0.15, -0.1) is 10.2 Å². The quantitative estimate of drug-likeness (QED) is 0.870. The molecule has 2 aromatic rings. The van der Waals surface area contributed by atoms with Crippen LogP contribution in [0.2, 0.25) is 0 Å². The Morgan fingerprint density at radius 2 is 2.00 bits per heavy atom. The van der Waals surface area contributed by atoms with Crippen LogP contribution in [0.5, 0.6) is 0 Å². The van der Waals surface area contributed by atoms with Crippen molar-refractivity contribution in [1.29, 1.82) is 0 Å². The van der Waals surface area contributed by atoms with Gasteiger partial charge in [-0.2, -0.15) is 0 Å². The van der Waals surface area contributed by atoms with Gasteiger partial charge in [0.1, 0.15) is 5.82 Å². The van der Waals surface area contributed by atoms with E-state index in [-0.39, 0.29) is 5.75 Å². The molecule has 1 heterocycles. The lowest BCUT2D eigenvalue weighted by atomic mass is 10.1. The largest absolute Gasteiger partial charge is 0.481 e. The summed E-state index contributed by atoms with van der Waals surface area (Å²) in [6.07, 6.45) is 1.96. The first-order chi connectivity index (χ1) is 9.65. The van der Waals surface area contributed by atoms with Crippen LogP contribution in [0, 0.1) is 0 Å². The number of hydrogen-bond donors (Lipinski definition) is 1. The number of carboxylic acid groups (broad SMARTS) is 1. The Labute approximate surface area is 121 Å². The number of benzene rings is 1. The Kier molecular flexibility index (Phi) is 3.48. The van der Waals surface area contributed by atoms with E-state index in [0.717, 1.165) is 18.7 Å². The van der Waals surface area contributed by atoms with Crippen molar-refractivity contribution >= 4 is 17.7 Å². The van der Waals surface area contributed by atoms with Crippen LogP contribution in [0.4, 0.5) is 0 Å². The molecule has 6 heteroatoms. The third-order valence-corrected chi connectivity index (χ3v) is 4.61. The normalized spacial score (nSPS) is 14.4. The summed E-state index contributed by atoms with van der Waals surface area (Å²) in [5.41, 5.74) is 2.75. The van der Waals surface area contributed by atoms with Crippen LogP contribution in [0.15, 0.2) is 29.4 Å². The molecular weight excluding hydrogens is 274 g/mol. The predicted octanol–water partition coefficient (Wildman–Crippen LogP) is 1.87. The zero-order valence-corrected chi connectivity index (χ0v) is 11.9. The smallest absolute Gasteiger partial charge is 0.313 e. The zero-order chi connectivity index (χ0) is 14.1. The van der Waals surface area contributed by atoms with E-state index in [1.807, 2.05) is 11.6 Å². The maximum absolute atomic E-state index is 10.6. The van der Waals surface area contributed by atoms with Crippen LogP contribution < -0.4 is 0 Å². The monoisotopic (exact) mass is 289 g/mol. The lowest BCUT2D eigenvalue weighted by Gasteiger charge is -2.08. The average Bonchev–Trinajstić information content (AvgIpc) is 2.99.